The molecule has 23 heavy (non-hydrogen) atoms. The second-order valence-corrected chi connectivity index (χ2v) is 7.55. The molecule has 0 spiro atoms. The van der Waals surface area contributed by atoms with E-state index in [9.17, 15) is 4.79 Å². The summed E-state index contributed by atoms with van der Waals surface area (Å²) in [6.45, 7) is 11.3. The quantitative estimate of drug-likeness (QED) is 0.807. The summed E-state index contributed by atoms with van der Waals surface area (Å²) < 4.78 is 2.05. The van der Waals surface area contributed by atoms with Crippen molar-refractivity contribution in [1.29, 1.82) is 0 Å². The highest BCUT2D eigenvalue weighted by Crippen LogP contribution is 2.32. The molecule has 128 valence electrons. The van der Waals surface area contributed by atoms with Crippen LogP contribution < -0.4 is 0 Å². The van der Waals surface area contributed by atoms with Crippen LogP contribution in [0.15, 0.2) is 12.3 Å². The molecule has 0 bridgehead atoms. The van der Waals surface area contributed by atoms with Crippen LogP contribution >= 0.6 is 0 Å². The van der Waals surface area contributed by atoms with Crippen LogP contribution in [-0.2, 0) is 11.3 Å². The van der Waals surface area contributed by atoms with E-state index < -0.39 is 0 Å². The number of carbonyl (C=O) groups is 1. The summed E-state index contributed by atoms with van der Waals surface area (Å²) >= 11 is 0. The number of carbonyl (C=O) groups excluding carboxylic acids is 1. The van der Waals surface area contributed by atoms with E-state index >= 15 is 0 Å². The van der Waals surface area contributed by atoms with Crippen molar-refractivity contribution < 1.29 is 4.79 Å². The standard InChI is InChI=1S/C18H30N4O/c1-14(2)17-13-20(10-11-22-15(3)6-8-19-22)9-7-18(23)21(17)12-16-4-5-16/h6,8,14,16-17H,4-5,7,9-13H2,1-3H3/t17-/m1/s1. The Balaban J connectivity index is 1.63. The highest BCUT2D eigenvalue weighted by atomic mass is 16.2. The monoisotopic (exact) mass is 318 g/mol. The third kappa shape index (κ3) is 4.14. The van der Waals surface area contributed by atoms with Crippen LogP contribution in [0.3, 0.4) is 0 Å². The number of nitrogens with zero attached hydrogens (tertiary/aromatic N) is 4. The van der Waals surface area contributed by atoms with Gasteiger partial charge in [-0.3, -0.25) is 14.4 Å². The molecule has 1 saturated heterocycles. The molecular weight excluding hydrogens is 288 g/mol. The molecule has 1 amide bonds. The Labute approximate surface area is 139 Å². The van der Waals surface area contributed by atoms with E-state index in [-0.39, 0.29) is 0 Å². The SMILES string of the molecule is Cc1ccnn1CCN1CCC(=O)N(CC2CC2)[C@@H](C(C)C)C1. The number of hydrogen-bond acceptors (Lipinski definition) is 3. The molecule has 1 aliphatic carbocycles. The Morgan fingerprint density at radius 2 is 2.09 bits per heavy atom. The Bertz CT molecular complexity index is 535. The minimum Gasteiger partial charge on any atom is -0.338 e. The highest BCUT2D eigenvalue weighted by molar-refractivity contribution is 5.77. The molecule has 2 fully saturated rings. The minimum atomic E-state index is 0.351. The Kier molecular flexibility index (Phi) is 5.05. The summed E-state index contributed by atoms with van der Waals surface area (Å²) in [5.74, 6) is 1.62. The van der Waals surface area contributed by atoms with Gasteiger partial charge in [0.1, 0.15) is 0 Å². The van der Waals surface area contributed by atoms with Crippen molar-refractivity contribution in [2.24, 2.45) is 11.8 Å². The van der Waals surface area contributed by atoms with Crippen molar-refractivity contribution in [3.8, 4) is 0 Å². The predicted molar refractivity (Wildman–Crippen MR) is 91.1 cm³/mol. The number of aryl methyl sites for hydroxylation is 1. The number of hydrogen-bond donors (Lipinski definition) is 0. The molecule has 2 heterocycles. The lowest BCUT2D eigenvalue weighted by Gasteiger charge is -2.35. The van der Waals surface area contributed by atoms with Gasteiger partial charge in [0.05, 0.1) is 6.54 Å². The van der Waals surface area contributed by atoms with Gasteiger partial charge in [0.2, 0.25) is 5.91 Å². The van der Waals surface area contributed by atoms with Crippen molar-refractivity contribution in [2.45, 2.75) is 52.6 Å². The van der Waals surface area contributed by atoms with Crippen LogP contribution in [0, 0.1) is 18.8 Å². The van der Waals surface area contributed by atoms with Gasteiger partial charge in [0, 0.05) is 50.5 Å². The summed E-state index contributed by atoms with van der Waals surface area (Å²) in [5, 5.41) is 4.37. The van der Waals surface area contributed by atoms with Gasteiger partial charge in [-0.15, -0.1) is 0 Å². The summed E-state index contributed by atoms with van der Waals surface area (Å²) in [6, 6.07) is 2.39. The average molecular weight is 318 g/mol. The van der Waals surface area contributed by atoms with Crippen LogP contribution in [0.2, 0.25) is 0 Å². The topological polar surface area (TPSA) is 41.4 Å². The van der Waals surface area contributed by atoms with Gasteiger partial charge in [0.25, 0.3) is 0 Å². The average Bonchev–Trinajstić information content (AvgIpc) is 3.26. The van der Waals surface area contributed by atoms with E-state index in [1.807, 2.05) is 12.3 Å². The number of amides is 1. The second-order valence-electron chi connectivity index (χ2n) is 7.55. The summed E-state index contributed by atoms with van der Waals surface area (Å²) in [5.41, 5.74) is 1.20. The van der Waals surface area contributed by atoms with E-state index in [1.165, 1.54) is 18.5 Å². The van der Waals surface area contributed by atoms with E-state index in [1.54, 1.807) is 0 Å². The van der Waals surface area contributed by atoms with Crippen molar-refractivity contribution >= 4 is 5.91 Å². The molecule has 1 saturated carbocycles. The number of aromatic nitrogens is 2. The highest BCUT2D eigenvalue weighted by Gasteiger charge is 2.35. The van der Waals surface area contributed by atoms with E-state index in [2.05, 4.69) is 40.4 Å². The third-order valence-corrected chi connectivity index (χ3v) is 5.29. The van der Waals surface area contributed by atoms with E-state index in [0.29, 0.717) is 24.3 Å². The molecule has 0 unspecified atom stereocenters. The first kappa shape index (κ1) is 16.5. The van der Waals surface area contributed by atoms with Crippen LogP contribution in [-0.4, -0.2) is 57.7 Å². The predicted octanol–water partition coefficient (Wildman–Crippen LogP) is 2.16. The molecular formula is C18H30N4O. The molecule has 1 aromatic heterocycles. The first-order chi connectivity index (χ1) is 11.0. The molecule has 5 nitrogen and oxygen atoms in total. The summed E-state index contributed by atoms with van der Waals surface area (Å²) in [7, 11) is 0. The van der Waals surface area contributed by atoms with E-state index in [4.69, 9.17) is 0 Å². The van der Waals surface area contributed by atoms with E-state index in [0.717, 1.165) is 38.6 Å². The normalized spacial score (nSPS) is 23.6. The Hall–Kier alpha value is -1.36. The molecule has 0 aromatic carbocycles. The lowest BCUT2D eigenvalue weighted by Crippen LogP contribution is -2.47. The van der Waals surface area contributed by atoms with Gasteiger partial charge >= 0.3 is 0 Å². The van der Waals surface area contributed by atoms with Gasteiger partial charge < -0.3 is 4.90 Å². The van der Waals surface area contributed by atoms with Gasteiger partial charge in [-0.2, -0.15) is 5.10 Å². The maximum atomic E-state index is 12.6. The molecule has 3 rings (SSSR count). The molecule has 2 aliphatic rings. The van der Waals surface area contributed by atoms with Crippen LogP contribution in [0.5, 0.6) is 0 Å². The van der Waals surface area contributed by atoms with Crippen LogP contribution in [0.1, 0.15) is 38.8 Å². The summed E-state index contributed by atoms with van der Waals surface area (Å²) in [4.78, 5) is 17.3. The fourth-order valence-corrected chi connectivity index (χ4v) is 3.50. The summed E-state index contributed by atoms with van der Waals surface area (Å²) in [6.07, 6.45) is 5.12. The van der Waals surface area contributed by atoms with Gasteiger partial charge in [0.15, 0.2) is 0 Å². The molecule has 0 radical (unpaired) electrons. The zero-order chi connectivity index (χ0) is 16.4. The maximum absolute atomic E-state index is 12.6. The van der Waals surface area contributed by atoms with Gasteiger partial charge in [-0.25, -0.2) is 0 Å². The first-order valence-corrected chi connectivity index (χ1v) is 9.05. The van der Waals surface area contributed by atoms with Gasteiger partial charge in [-0.05, 0) is 37.7 Å². The smallest absolute Gasteiger partial charge is 0.224 e. The van der Waals surface area contributed by atoms with Gasteiger partial charge in [-0.1, -0.05) is 13.8 Å². The lowest BCUT2D eigenvalue weighted by atomic mass is 10.0. The minimum absolute atomic E-state index is 0.351. The fraction of sp³-hybridized carbons (Fsp3) is 0.778. The van der Waals surface area contributed by atoms with Crippen molar-refractivity contribution in [2.75, 3.05) is 26.2 Å². The Morgan fingerprint density at radius 3 is 2.70 bits per heavy atom. The third-order valence-electron chi connectivity index (χ3n) is 5.29. The van der Waals surface area contributed by atoms with Crippen molar-refractivity contribution in [3.05, 3.63) is 18.0 Å². The van der Waals surface area contributed by atoms with Crippen LogP contribution in [0.25, 0.3) is 0 Å². The molecule has 1 aliphatic heterocycles. The molecule has 1 atom stereocenters. The maximum Gasteiger partial charge on any atom is 0.224 e. The zero-order valence-electron chi connectivity index (χ0n) is 14.7. The Morgan fingerprint density at radius 1 is 1.30 bits per heavy atom. The van der Waals surface area contributed by atoms with Crippen LogP contribution in [0.4, 0.5) is 0 Å². The lowest BCUT2D eigenvalue weighted by molar-refractivity contribution is -0.133. The molecule has 1 aromatic rings. The van der Waals surface area contributed by atoms with Crippen molar-refractivity contribution in [3.63, 3.8) is 0 Å². The molecule has 5 heteroatoms. The van der Waals surface area contributed by atoms with Crippen molar-refractivity contribution in [1.82, 2.24) is 19.6 Å². The first-order valence-electron chi connectivity index (χ1n) is 9.05. The second kappa shape index (κ2) is 7.04. The number of rotatable bonds is 6. The largest absolute Gasteiger partial charge is 0.338 e. The zero-order valence-corrected chi connectivity index (χ0v) is 14.7. The fourth-order valence-electron chi connectivity index (χ4n) is 3.50. The molecule has 0 N–H and O–H groups in total.